The number of esters is 1. The van der Waals surface area contributed by atoms with Gasteiger partial charge in [0.25, 0.3) is 0 Å². The summed E-state index contributed by atoms with van der Waals surface area (Å²) in [7, 11) is 0. The summed E-state index contributed by atoms with van der Waals surface area (Å²) in [5, 5.41) is 25.0. The second-order valence-corrected chi connectivity index (χ2v) is 7.28. The normalized spacial score (nSPS) is 13.3. The average molecular weight is 417 g/mol. The number of allylic oxidation sites excluding steroid dienone is 1. The molecule has 0 aliphatic rings. The third kappa shape index (κ3) is 4.10. The molecule has 3 aromatic heterocycles. The van der Waals surface area contributed by atoms with Gasteiger partial charge in [0.2, 0.25) is 5.88 Å². The molecule has 29 heavy (non-hydrogen) atoms. The van der Waals surface area contributed by atoms with Crippen LogP contribution in [0.1, 0.15) is 42.9 Å². The molecule has 0 saturated heterocycles. The van der Waals surface area contributed by atoms with Crippen LogP contribution in [0.2, 0.25) is 0 Å². The van der Waals surface area contributed by atoms with Gasteiger partial charge in [-0.1, -0.05) is 0 Å². The first-order valence-electron chi connectivity index (χ1n) is 9.24. The van der Waals surface area contributed by atoms with Crippen molar-refractivity contribution in [3.05, 3.63) is 40.7 Å². The molecule has 3 rings (SSSR count). The molecule has 1 unspecified atom stereocenters. The van der Waals surface area contributed by atoms with E-state index >= 15 is 0 Å². The van der Waals surface area contributed by atoms with E-state index in [-0.39, 0.29) is 18.2 Å². The van der Waals surface area contributed by atoms with E-state index in [1.807, 2.05) is 19.1 Å². The molecule has 0 radical (unpaired) electrons. The van der Waals surface area contributed by atoms with Crippen LogP contribution in [-0.2, 0) is 4.74 Å². The molecule has 3 aromatic rings. The van der Waals surface area contributed by atoms with Gasteiger partial charge in [0.1, 0.15) is 5.01 Å². The van der Waals surface area contributed by atoms with Gasteiger partial charge in [0.05, 0.1) is 36.8 Å². The van der Waals surface area contributed by atoms with E-state index in [0.29, 0.717) is 33.1 Å². The van der Waals surface area contributed by atoms with Gasteiger partial charge in [-0.15, -0.1) is 11.3 Å². The predicted octanol–water partition coefficient (Wildman–Crippen LogP) is 3.70. The minimum absolute atomic E-state index is 0.0257. The molecule has 0 aliphatic heterocycles. The van der Waals surface area contributed by atoms with Crippen molar-refractivity contribution in [1.29, 1.82) is 0 Å². The Morgan fingerprint density at radius 3 is 2.72 bits per heavy atom. The Balaban J connectivity index is 2.11. The zero-order valence-electron chi connectivity index (χ0n) is 16.7. The third-order valence-electron chi connectivity index (χ3n) is 4.20. The van der Waals surface area contributed by atoms with Crippen LogP contribution in [0.4, 0.5) is 0 Å². The van der Waals surface area contributed by atoms with Crippen molar-refractivity contribution in [3.8, 4) is 16.5 Å². The Hall–Kier alpha value is -2.91. The molecule has 8 nitrogen and oxygen atoms in total. The lowest BCUT2D eigenvalue weighted by molar-refractivity contribution is 0.0527. The zero-order valence-corrected chi connectivity index (χ0v) is 17.5. The van der Waals surface area contributed by atoms with E-state index in [4.69, 9.17) is 9.47 Å². The predicted molar refractivity (Wildman–Crippen MR) is 110 cm³/mol. The molecule has 0 bridgehead atoms. The lowest BCUT2D eigenvalue weighted by Crippen LogP contribution is -2.06. The smallest absolute Gasteiger partial charge is 0.354 e. The van der Waals surface area contributed by atoms with Crippen LogP contribution < -0.4 is 4.74 Å². The van der Waals surface area contributed by atoms with E-state index in [1.54, 1.807) is 30.8 Å². The highest BCUT2D eigenvalue weighted by Gasteiger charge is 2.22. The van der Waals surface area contributed by atoms with Crippen molar-refractivity contribution < 1.29 is 24.5 Å². The summed E-state index contributed by atoms with van der Waals surface area (Å²) in [5.41, 5.74) is 2.46. The maximum Gasteiger partial charge on any atom is 0.354 e. The first-order valence-corrected chi connectivity index (χ1v) is 10.1. The average Bonchev–Trinajstić information content (AvgIpc) is 3.26. The Labute approximate surface area is 172 Å². The van der Waals surface area contributed by atoms with Gasteiger partial charge in [0, 0.05) is 22.9 Å². The van der Waals surface area contributed by atoms with Gasteiger partial charge in [-0.3, -0.25) is 0 Å². The molecule has 0 aliphatic carbocycles. The van der Waals surface area contributed by atoms with Gasteiger partial charge >= 0.3 is 5.97 Å². The van der Waals surface area contributed by atoms with Crippen LogP contribution in [-0.4, -0.2) is 50.1 Å². The van der Waals surface area contributed by atoms with Crippen LogP contribution in [0.25, 0.3) is 21.7 Å². The Morgan fingerprint density at radius 1 is 1.34 bits per heavy atom. The molecule has 0 spiro atoms. The number of hydrogen-bond donors (Lipinski definition) is 2. The van der Waals surface area contributed by atoms with E-state index in [9.17, 15) is 15.0 Å². The molecule has 2 N–H and O–H groups in total. The highest BCUT2D eigenvalue weighted by Crippen LogP contribution is 2.35. The second-order valence-electron chi connectivity index (χ2n) is 6.29. The van der Waals surface area contributed by atoms with Crippen molar-refractivity contribution in [2.45, 2.75) is 33.8 Å². The fourth-order valence-corrected chi connectivity index (χ4v) is 3.93. The first-order chi connectivity index (χ1) is 13.9. The molecule has 9 heteroatoms. The SMILES string of the molecule is CCOC(=O)c1sc(-c2ccn3ncc(/C(=C(\C)O)C(C)O)c3c2)nc1OCC. The monoisotopic (exact) mass is 417 g/mol. The van der Waals surface area contributed by atoms with Crippen LogP contribution in [0.3, 0.4) is 0 Å². The van der Waals surface area contributed by atoms with Crippen molar-refractivity contribution in [2.24, 2.45) is 0 Å². The van der Waals surface area contributed by atoms with Gasteiger partial charge < -0.3 is 19.7 Å². The summed E-state index contributed by atoms with van der Waals surface area (Å²) in [4.78, 5) is 17.0. The van der Waals surface area contributed by atoms with Crippen molar-refractivity contribution >= 4 is 28.4 Å². The van der Waals surface area contributed by atoms with E-state index in [2.05, 4.69) is 10.1 Å². The molecule has 3 heterocycles. The van der Waals surface area contributed by atoms with E-state index in [1.165, 1.54) is 18.3 Å². The summed E-state index contributed by atoms with van der Waals surface area (Å²) >= 11 is 1.19. The summed E-state index contributed by atoms with van der Waals surface area (Å²) in [6.45, 7) is 7.31. The molecule has 1 atom stereocenters. The zero-order chi connectivity index (χ0) is 21.1. The molecular formula is C20H23N3O5S. The standard InChI is InChI=1S/C20H23N3O5S/c1-5-27-18-17(20(26)28-6-2)29-19(22-18)13-7-8-23-15(9-13)14(10-21-23)16(11(3)24)12(4)25/h7-11,24-25H,5-6H2,1-4H3/b16-12+. The van der Waals surface area contributed by atoms with E-state index < -0.39 is 12.1 Å². The van der Waals surface area contributed by atoms with Gasteiger partial charge in [0.15, 0.2) is 4.88 Å². The lowest BCUT2D eigenvalue weighted by Gasteiger charge is -2.11. The molecule has 0 aromatic carbocycles. The Morgan fingerprint density at radius 2 is 2.10 bits per heavy atom. The van der Waals surface area contributed by atoms with Crippen LogP contribution in [0.15, 0.2) is 30.3 Å². The van der Waals surface area contributed by atoms with Crippen LogP contribution in [0.5, 0.6) is 5.88 Å². The molecular weight excluding hydrogens is 394 g/mol. The number of carbonyl (C=O) groups is 1. The molecule has 0 amide bonds. The number of rotatable bonds is 7. The van der Waals surface area contributed by atoms with Crippen molar-refractivity contribution in [1.82, 2.24) is 14.6 Å². The summed E-state index contributed by atoms with van der Waals surface area (Å²) in [6.07, 6.45) is 2.49. The first kappa shape index (κ1) is 20.8. The summed E-state index contributed by atoms with van der Waals surface area (Å²) < 4.78 is 12.3. The number of ether oxygens (including phenoxy) is 2. The van der Waals surface area contributed by atoms with Gasteiger partial charge in [-0.25, -0.2) is 14.3 Å². The molecule has 0 fully saturated rings. The number of aliphatic hydroxyl groups is 2. The van der Waals surface area contributed by atoms with E-state index in [0.717, 1.165) is 5.56 Å². The van der Waals surface area contributed by atoms with Crippen molar-refractivity contribution in [3.63, 3.8) is 0 Å². The third-order valence-corrected chi connectivity index (χ3v) is 5.27. The minimum Gasteiger partial charge on any atom is -0.512 e. The number of hydrogen-bond acceptors (Lipinski definition) is 8. The van der Waals surface area contributed by atoms with Crippen LogP contribution >= 0.6 is 11.3 Å². The number of aromatic nitrogens is 3. The highest BCUT2D eigenvalue weighted by atomic mass is 32.1. The lowest BCUT2D eigenvalue weighted by atomic mass is 10.0. The number of thiazole rings is 1. The quantitative estimate of drug-likeness (QED) is 0.446. The van der Waals surface area contributed by atoms with Crippen LogP contribution in [0, 0.1) is 0 Å². The maximum absolute atomic E-state index is 12.2. The fraction of sp³-hybridized carbons (Fsp3) is 0.350. The fourth-order valence-electron chi connectivity index (χ4n) is 3.03. The number of nitrogens with zero attached hydrogens (tertiary/aromatic N) is 3. The number of pyridine rings is 1. The largest absolute Gasteiger partial charge is 0.512 e. The second kappa shape index (κ2) is 8.62. The number of fused-ring (bicyclic) bond motifs is 1. The van der Waals surface area contributed by atoms with Gasteiger partial charge in [-0.2, -0.15) is 5.10 Å². The topological polar surface area (TPSA) is 106 Å². The maximum atomic E-state index is 12.2. The Bertz CT molecular complexity index is 1060. The summed E-state index contributed by atoms with van der Waals surface area (Å²) in [5.74, 6) is -0.200. The number of carbonyl (C=O) groups excluding carboxylic acids is 1. The van der Waals surface area contributed by atoms with Crippen molar-refractivity contribution in [2.75, 3.05) is 13.2 Å². The minimum atomic E-state index is -0.864. The Kier molecular flexibility index (Phi) is 6.19. The number of aliphatic hydroxyl groups excluding tert-OH is 2. The molecule has 154 valence electrons. The molecule has 0 saturated carbocycles. The van der Waals surface area contributed by atoms with Gasteiger partial charge in [-0.05, 0) is 39.8 Å². The highest BCUT2D eigenvalue weighted by molar-refractivity contribution is 7.17. The summed E-state index contributed by atoms with van der Waals surface area (Å²) in [6, 6.07) is 3.67.